The molecule has 9 rings (SSSR count). The SMILES string of the molecule is N#Cc1nc(N(Cc2ccccc2-c2ccccc2)Cc2ccccc2-c2ccccc2)c(C#N)nc1N(Cc1ccccc1-c1ccccc1)Cc1ccccc1-c1ccccc1. The zero-order chi connectivity index (χ0) is 43.5. The number of nitrogens with zero attached hydrogens (tertiary/aromatic N) is 6. The first-order chi connectivity index (χ1) is 31.7. The summed E-state index contributed by atoms with van der Waals surface area (Å²) < 4.78 is 0. The standard InChI is InChI=1S/C58H44N6/c59-37-55-57(63(39-47-29-13-17-33-51(47)43-21-5-1-6-22-43)40-48-30-14-18-34-52(48)44-23-7-2-8-24-44)61-56(38-60)58(62-55)64(41-49-31-15-19-35-53(49)45-25-9-3-10-26-45)42-50-32-16-20-36-54(50)46-27-11-4-12-28-46/h1-36H,39-42H2. The van der Waals surface area contributed by atoms with Gasteiger partial charge in [-0.2, -0.15) is 10.5 Å². The number of hydrogen-bond donors (Lipinski definition) is 0. The lowest BCUT2D eigenvalue weighted by Gasteiger charge is -2.30. The lowest BCUT2D eigenvalue weighted by atomic mass is 9.97. The molecule has 0 N–H and O–H groups in total. The molecule has 1 heterocycles. The van der Waals surface area contributed by atoms with Gasteiger partial charge in [0.15, 0.2) is 23.0 Å². The first-order valence-electron chi connectivity index (χ1n) is 21.4. The number of anilines is 2. The third-order valence-corrected chi connectivity index (χ3v) is 11.5. The Morgan fingerprint density at radius 1 is 0.297 bits per heavy atom. The second kappa shape index (κ2) is 19.4. The van der Waals surface area contributed by atoms with E-state index < -0.39 is 0 Å². The Morgan fingerprint density at radius 2 is 0.516 bits per heavy atom. The van der Waals surface area contributed by atoms with E-state index in [4.69, 9.17) is 9.97 Å². The summed E-state index contributed by atoms with van der Waals surface area (Å²) in [7, 11) is 0. The first kappa shape index (κ1) is 40.8. The highest BCUT2D eigenvalue weighted by molar-refractivity contribution is 5.73. The molecule has 1 aromatic heterocycles. The maximum absolute atomic E-state index is 11.1. The summed E-state index contributed by atoms with van der Waals surface area (Å²) in [5.74, 6) is 0.700. The van der Waals surface area contributed by atoms with E-state index in [0.29, 0.717) is 37.8 Å². The van der Waals surface area contributed by atoms with E-state index in [2.05, 4.69) is 119 Å². The lowest BCUT2D eigenvalue weighted by Crippen LogP contribution is -2.29. The van der Waals surface area contributed by atoms with Crippen molar-refractivity contribution in [1.29, 1.82) is 10.5 Å². The number of aromatic nitrogens is 2. The van der Waals surface area contributed by atoms with Crippen LogP contribution in [0.25, 0.3) is 44.5 Å². The Bertz CT molecular complexity index is 2700. The molecule has 64 heavy (non-hydrogen) atoms. The maximum atomic E-state index is 11.1. The van der Waals surface area contributed by atoms with E-state index in [9.17, 15) is 10.5 Å². The molecule has 0 fully saturated rings. The van der Waals surface area contributed by atoms with Crippen LogP contribution in [0.2, 0.25) is 0 Å². The molecule has 9 aromatic rings. The van der Waals surface area contributed by atoms with Gasteiger partial charge in [0.1, 0.15) is 12.1 Å². The minimum Gasteiger partial charge on any atom is -0.345 e. The molecule has 0 saturated carbocycles. The average molecular weight is 825 g/mol. The van der Waals surface area contributed by atoms with Crippen molar-refractivity contribution in [2.24, 2.45) is 0 Å². The van der Waals surface area contributed by atoms with Crippen molar-refractivity contribution < 1.29 is 0 Å². The van der Waals surface area contributed by atoms with Gasteiger partial charge in [0.25, 0.3) is 0 Å². The fraction of sp³-hybridized carbons (Fsp3) is 0.0690. The van der Waals surface area contributed by atoms with Crippen molar-refractivity contribution in [3.63, 3.8) is 0 Å². The fourth-order valence-corrected chi connectivity index (χ4v) is 8.47. The molecule has 6 nitrogen and oxygen atoms in total. The van der Waals surface area contributed by atoms with Crippen LogP contribution in [-0.2, 0) is 26.2 Å². The highest BCUT2D eigenvalue weighted by Gasteiger charge is 2.26. The van der Waals surface area contributed by atoms with Gasteiger partial charge in [-0.3, -0.25) is 0 Å². The van der Waals surface area contributed by atoms with Crippen LogP contribution in [0.3, 0.4) is 0 Å². The van der Waals surface area contributed by atoms with Gasteiger partial charge in [-0.25, -0.2) is 9.97 Å². The molecule has 0 aliphatic heterocycles. The van der Waals surface area contributed by atoms with Gasteiger partial charge < -0.3 is 9.80 Å². The predicted molar refractivity (Wildman–Crippen MR) is 259 cm³/mol. The van der Waals surface area contributed by atoms with Gasteiger partial charge in [-0.1, -0.05) is 218 Å². The summed E-state index contributed by atoms with van der Waals surface area (Å²) in [6, 6.07) is 79.5. The maximum Gasteiger partial charge on any atom is 0.185 e. The van der Waals surface area contributed by atoms with Gasteiger partial charge in [-0.15, -0.1) is 0 Å². The van der Waals surface area contributed by atoms with Gasteiger partial charge >= 0.3 is 0 Å². The van der Waals surface area contributed by atoms with Crippen LogP contribution in [0, 0.1) is 22.7 Å². The van der Waals surface area contributed by atoms with Crippen molar-refractivity contribution in [1.82, 2.24) is 9.97 Å². The monoisotopic (exact) mass is 824 g/mol. The molecule has 0 aliphatic carbocycles. The van der Waals surface area contributed by atoms with Crippen LogP contribution >= 0.6 is 0 Å². The third kappa shape index (κ3) is 9.04. The Balaban J connectivity index is 1.19. The molecule has 0 radical (unpaired) electrons. The second-order valence-corrected chi connectivity index (χ2v) is 15.6. The third-order valence-electron chi connectivity index (χ3n) is 11.5. The van der Waals surface area contributed by atoms with Crippen molar-refractivity contribution in [3.05, 3.63) is 252 Å². The van der Waals surface area contributed by atoms with Crippen LogP contribution in [0.1, 0.15) is 33.6 Å². The van der Waals surface area contributed by atoms with Crippen LogP contribution in [0.15, 0.2) is 218 Å². The summed E-state index contributed by atoms with van der Waals surface area (Å²) in [4.78, 5) is 14.5. The second-order valence-electron chi connectivity index (χ2n) is 15.6. The van der Waals surface area contributed by atoms with Crippen LogP contribution in [-0.4, -0.2) is 9.97 Å². The minimum absolute atomic E-state index is 0.140. The van der Waals surface area contributed by atoms with Crippen molar-refractivity contribution in [2.75, 3.05) is 9.80 Å². The zero-order valence-corrected chi connectivity index (χ0v) is 35.3. The first-order valence-corrected chi connectivity index (χ1v) is 21.4. The molecule has 0 aliphatic rings. The Labute approximate surface area is 375 Å². The number of hydrogen-bond acceptors (Lipinski definition) is 6. The van der Waals surface area contributed by atoms with Crippen molar-refractivity contribution in [2.45, 2.75) is 26.2 Å². The molecule has 8 aromatic carbocycles. The quantitative estimate of drug-likeness (QED) is 0.109. The van der Waals surface area contributed by atoms with Gasteiger partial charge in [-0.05, 0) is 66.8 Å². The molecule has 0 bridgehead atoms. The normalized spacial score (nSPS) is 10.7. The van der Waals surface area contributed by atoms with E-state index in [1.807, 2.05) is 121 Å². The lowest BCUT2D eigenvalue weighted by molar-refractivity contribution is 0.756. The Hall–Kier alpha value is -8.58. The number of nitriles is 2. The van der Waals surface area contributed by atoms with Crippen LogP contribution in [0.5, 0.6) is 0 Å². The summed E-state index contributed by atoms with van der Waals surface area (Å²) in [6.45, 7) is 1.61. The molecule has 6 heteroatoms. The molecule has 0 amide bonds. The fourth-order valence-electron chi connectivity index (χ4n) is 8.47. The van der Waals surface area contributed by atoms with Gasteiger partial charge in [0.2, 0.25) is 0 Å². The van der Waals surface area contributed by atoms with E-state index in [1.54, 1.807) is 0 Å². The smallest absolute Gasteiger partial charge is 0.185 e. The predicted octanol–water partition coefficient (Wildman–Crippen LogP) is 13.3. The molecule has 306 valence electrons. The van der Waals surface area contributed by atoms with E-state index in [-0.39, 0.29) is 11.4 Å². The molecule has 0 saturated heterocycles. The van der Waals surface area contributed by atoms with E-state index in [1.165, 1.54) is 0 Å². The minimum atomic E-state index is 0.140. The zero-order valence-electron chi connectivity index (χ0n) is 35.3. The van der Waals surface area contributed by atoms with Crippen molar-refractivity contribution in [3.8, 4) is 56.6 Å². The van der Waals surface area contributed by atoms with Crippen molar-refractivity contribution >= 4 is 11.6 Å². The summed E-state index contributed by atoms with van der Waals surface area (Å²) >= 11 is 0. The number of benzene rings is 8. The van der Waals surface area contributed by atoms with Gasteiger partial charge in [0, 0.05) is 26.2 Å². The molecular formula is C58H44N6. The Morgan fingerprint density at radius 3 is 0.750 bits per heavy atom. The highest BCUT2D eigenvalue weighted by Crippen LogP contribution is 2.35. The summed E-state index contributed by atoms with van der Waals surface area (Å²) in [5.41, 5.74) is 13.1. The molecule has 0 spiro atoms. The van der Waals surface area contributed by atoms with Crippen LogP contribution < -0.4 is 9.80 Å². The average Bonchev–Trinajstić information content (AvgIpc) is 3.37. The molecule has 0 atom stereocenters. The van der Waals surface area contributed by atoms with Gasteiger partial charge in [0.05, 0.1) is 0 Å². The summed E-state index contributed by atoms with van der Waals surface area (Å²) in [6.07, 6.45) is 0. The largest absolute Gasteiger partial charge is 0.345 e. The van der Waals surface area contributed by atoms with E-state index in [0.717, 1.165) is 66.8 Å². The topological polar surface area (TPSA) is 79.8 Å². The van der Waals surface area contributed by atoms with Crippen LogP contribution in [0.4, 0.5) is 11.6 Å². The highest BCUT2D eigenvalue weighted by atomic mass is 15.2. The summed E-state index contributed by atoms with van der Waals surface area (Å²) in [5, 5.41) is 22.2. The number of rotatable bonds is 14. The Kier molecular flexibility index (Phi) is 12.4. The molecular weight excluding hydrogens is 781 g/mol. The van der Waals surface area contributed by atoms with E-state index >= 15 is 0 Å². The molecule has 0 unspecified atom stereocenters.